The second-order valence-electron chi connectivity index (χ2n) is 5.99. The van der Waals surface area contributed by atoms with Crippen LogP contribution in [-0.4, -0.2) is 46.2 Å². The minimum Gasteiger partial charge on any atom is -0.502 e. The van der Waals surface area contributed by atoms with Crippen LogP contribution in [0.4, 0.5) is 5.82 Å². The predicted octanol–water partition coefficient (Wildman–Crippen LogP) is 2.68. The zero-order chi connectivity index (χ0) is 22.5. The largest absolute Gasteiger partial charge is 0.502 e. The lowest BCUT2D eigenvalue weighted by atomic mass is 10.2. The van der Waals surface area contributed by atoms with Gasteiger partial charge in [0.15, 0.2) is 17.3 Å². The van der Waals surface area contributed by atoms with Crippen molar-refractivity contribution in [3.8, 4) is 17.2 Å². The number of hydrazone groups is 1. The standard InChI is InChI=1S/C18H16BrN5O7/c1-29-14-5-10(6-15(30-2)16(14)25)7-20-21-18(26)13-4-3-11(31-13)8-23-9-12(19)17(22-23)24(27)28/h3-7,9,25H,8H2,1-2H3,(H,21,26). The van der Waals surface area contributed by atoms with Gasteiger partial charge < -0.3 is 29.1 Å². The summed E-state index contributed by atoms with van der Waals surface area (Å²) in [4.78, 5) is 22.5. The van der Waals surface area contributed by atoms with Gasteiger partial charge in [0.2, 0.25) is 5.75 Å². The van der Waals surface area contributed by atoms with E-state index in [0.29, 0.717) is 11.3 Å². The van der Waals surface area contributed by atoms with Gasteiger partial charge in [-0.25, -0.2) is 5.43 Å². The molecule has 0 aliphatic carbocycles. The highest BCUT2D eigenvalue weighted by Gasteiger charge is 2.20. The van der Waals surface area contributed by atoms with Crippen LogP contribution in [0.15, 0.2) is 44.5 Å². The van der Waals surface area contributed by atoms with Crippen molar-refractivity contribution in [1.82, 2.24) is 15.2 Å². The molecule has 12 nitrogen and oxygen atoms in total. The van der Waals surface area contributed by atoms with Crippen LogP contribution in [0.2, 0.25) is 0 Å². The van der Waals surface area contributed by atoms with E-state index in [9.17, 15) is 20.0 Å². The molecule has 0 aliphatic heterocycles. The fourth-order valence-electron chi connectivity index (χ4n) is 2.55. The second kappa shape index (κ2) is 9.30. The number of phenolic OH excluding ortho intramolecular Hbond substituents is 1. The Morgan fingerprint density at radius 2 is 2.06 bits per heavy atom. The summed E-state index contributed by atoms with van der Waals surface area (Å²) < 4.78 is 17.1. The lowest BCUT2D eigenvalue weighted by molar-refractivity contribution is -0.390. The molecular formula is C18H16BrN5O7. The molecule has 3 aromatic rings. The van der Waals surface area contributed by atoms with E-state index < -0.39 is 10.8 Å². The Morgan fingerprint density at radius 3 is 2.65 bits per heavy atom. The fraction of sp³-hybridized carbons (Fsp3) is 0.167. The van der Waals surface area contributed by atoms with E-state index in [1.807, 2.05) is 0 Å². The fourth-order valence-corrected chi connectivity index (χ4v) is 3.01. The number of nitro groups is 1. The van der Waals surface area contributed by atoms with Gasteiger partial charge in [0.1, 0.15) is 16.8 Å². The molecule has 0 saturated heterocycles. The topological polar surface area (TPSA) is 154 Å². The first-order valence-corrected chi connectivity index (χ1v) is 9.36. The number of aromatic nitrogens is 2. The molecule has 0 saturated carbocycles. The summed E-state index contributed by atoms with van der Waals surface area (Å²) in [5.74, 6) is -0.333. The number of hydrogen-bond donors (Lipinski definition) is 2. The van der Waals surface area contributed by atoms with E-state index in [0.717, 1.165) is 0 Å². The molecule has 13 heteroatoms. The summed E-state index contributed by atoms with van der Waals surface area (Å²) in [6.45, 7) is 0.0933. The number of nitrogens with zero attached hydrogens (tertiary/aromatic N) is 4. The first-order chi connectivity index (χ1) is 14.8. The third kappa shape index (κ3) is 5.01. The summed E-state index contributed by atoms with van der Waals surface area (Å²) in [5, 5.41) is 28.4. The van der Waals surface area contributed by atoms with Gasteiger partial charge in [0.25, 0.3) is 0 Å². The van der Waals surface area contributed by atoms with Gasteiger partial charge in [-0.2, -0.15) is 9.78 Å². The smallest absolute Gasteiger partial charge is 0.404 e. The van der Waals surface area contributed by atoms with Crippen LogP contribution in [-0.2, 0) is 6.54 Å². The van der Waals surface area contributed by atoms with E-state index in [1.54, 1.807) is 6.07 Å². The Kier molecular flexibility index (Phi) is 6.55. The monoisotopic (exact) mass is 493 g/mol. The molecule has 0 aliphatic rings. The predicted molar refractivity (Wildman–Crippen MR) is 111 cm³/mol. The Hall–Kier alpha value is -3.87. The number of carbonyl (C=O) groups excluding carboxylic acids is 1. The van der Waals surface area contributed by atoms with E-state index in [-0.39, 0.29) is 39.8 Å². The minimum absolute atomic E-state index is 0.00580. The number of carbonyl (C=O) groups is 1. The van der Waals surface area contributed by atoms with Gasteiger partial charge in [0.05, 0.1) is 31.7 Å². The lowest BCUT2D eigenvalue weighted by Crippen LogP contribution is -2.16. The SMILES string of the molecule is COc1cc(C=NNC(=O)c2ccc(Cn3cc(Br)c([N+](=O)[O-])n3)o2)cc(OC)c1O. The number of phenols is 1. The first-order valence-electron chi connectivity index (χ1n) is 8.56. The van der Waals surface area contributed by atoms with Crippen molar-refractivity contribution in [2.24, 2.45) is 5.10 Å². The molecule has 3 rings (SSSR count). The normalized spacial score (nSPS) is 10.9. The maximum Gasteiger partial charge on any atom is 0.404 e. The number of hydrogen-bond acceptors (Lipinski definition) is 9. The number of aromatic hydroxyl groups is 1. The van der Waals surface area contributed by atoms with Crippen LogP contribution in [0.1, 0.15) is 21.9 Å². The molecule has 0 fully saturated rings. The maximum atomic E-state index is 12.2. The molecule has 0 bridgehead atoms. The van der Waals surface area contributed by atoms with Crippen molar-refractivity contribution in [1.29, 1.82) is 0 Å². The number of amides is 1. The Bertz CT molecular complexity index is 1130. The molecule has 31 heavy (non-hydrogen) atoms. The second-order valence-corrected chi connectivity index (χ2v) is 6.85. The van der Waals surface area contributed by atoms with Crippen molar-refractivity contribution < 1.29 is 28.7 Å². The molecule has 2 N–H and O–H groups in total. The van der Waals surface area contributed by atoms with E-state index >= 15 is 0 Å². The van der Waals surface area contributed by atoms with Gasteiger partial charge in [0, 0.05) is 5.56 Å². The minimum atomic E-state index is -0.612. The third-order valence-corrected chi connectivity index (χ3v) is 4.52. The average molecular weight is 494 g/mol. The quantitative estimate of drug-likeness (QED) is 0.275. The van der Waals surface area contributed by atoms with Crippen LogP contribution < -0.4 is 14.9 Å². The van der Waals surface area contributed by atoms with Gasteiger partial charge in [-0.15, -0.1) is 0 Å². The third-order valence-electron chi connectivity index (χ3n) is 3.96. The zero-order valence-corrected chi connectivity index (χ0v) is 17.8. The van der Waals surface area contributed by atoms with Crippen LogP contribution in [0.3, 0.4) is 0 Å². The molecule has 1 amide bonds. The number of rotatable bonds is 8. The number of nitrogens with one attached hydrogen (secondary N) is 1. The summed E-state index contributed by atoms with van der Waals surface area (Å²) in [7, 11) is 2.79. The summed E-state index contributed by atoms with van der Waals surface area (Å²) in [6.07, 6.45) is 2.78. The highest BCUT2D eigenvalue weighted by atomic mass is 79.9. The van der Waals surface area contributed by atoms with Crippen LogP contribution in [0.5, 0.6) is 17.2 Å². The molecule has 1 aromatic carbocycles. The number of methoxy groups -OCH3 is 2. The number of benzene rings is 1. The van der Waals surface area contributed by atoms with Gasteiger partial charge >= 0.3 is 11.7 Å². The maximum absolute atomic E-state index is 12.2. The Morgan fingerprint density at radius 1 is 1.39 bits per heavy atom. The van der Waals surface area contributed by atoms with E-state index in [2.05, 4.69) is 31.6 Å². The van der Waals surface area contributed by atoms with Crippen LogP contribution in [0, 0.1) is 10.1 Å². The number of ether oxygens (including phenoxy) is 2. The van der Waals surface area contributed by atoms with Crippen molar-refractivity contribution >= 4 is 33.9 Å². The molecular weight excluding hydrogens is 478 g/mol. The molecule has 0 spiro atoms. The van der Waals surface area contributed by atoms with Gasteiger partial charge in [-0.1, -0.05) is 0 Å². The highest BCUT2D eigenvalue weighted by molar-refractivity contribution is 9.10. The zero-order valence-electron chi connectivity index (χ0n) is 16.2. The molecule has 162 valence electrons. The summed E-state index contributed by atoms with van der Waals surface area (Å²) in [6, 6.07) is 6.02. The summed E-state index contributed by atoms with van der Waals surface area (Å²) >= 11 is 3.06. The van der Waals surface area contributed by atoms with Crippen LogP contribution >= 0.6 is 15.9 Å². The molecule has 2 aromatic heterocycles. The van der Waals surface area contributed by atoms with Crippen molar-refractivity contribution in [3.05, 3.63) is 62.1 Å². The molecule has 2 heterocycles. The van der Waals surface area contributed by atoms with Gasteiger partial charge in [-0.05, 0) is 45.1 Å². The number of halogens is 1. The van der Waals surface area contributed by atoms with Crippen molar-refractivity contribution in [2.45, 2.75) is 6.54 Å². The van der Waals surface area contributed by atoms with Crippen molar-refractivity contribution in [3.63, 3.8) is 0 Å². The summed E-state index contributed by atoms with van der Waals surface area (Å²) in [5.41, 5.74) is 2.83. The lowest BCUT2D eigenvalue weighted by Gasteiger charge is -2.09. The van der Waals surface area contributed by atoms with Crippen LogP contribution in [0.25, 0.3) is 0 Å². The molecule has 0 radical (unpaired) electrons. The average Bonchev–Trinajstić information content (AvgIpc) is 3.35. The van der Waals surface area contributed by atoms with Crippen molar-refractivity contribution in [2.75, 3.05) is 14.2 Å². The Labute approximate surface area is 183 Å². The van der Waals surface area contributed by atoms with E-state index in [4.69, 9.17) is 13.9 Å². The first kappa shape index (κ1) is 21.8. The highest BCUT2D eigenvalue weighted by Crippen LogP contribution is 2.36. The molecule has 0 atom stereocenters. The van der Waals surface area contributed by atoms with E-state index in [1.165, 1.54) is 49.5 Å². The number of furan rings is 1. The molecule has 0 unspecified atom stereocenters. The van der Waals surface area contributed by atoms with Gasteiger partial charge in [-0.3, -0.25) is 4.79 Å². The Balaban J connectivity index is 1.65.